The third-order valence-electron chi connectivity index (χ3n) is 33.3. The van der Waals surface area contributed by atoms with E-state index in [-0.39, 0.29) is 6.04 Å². The number of hydrogen-bond acceptors (Lipinski definition) is 6. The van der Waals surface area contributed by atoms with Gasteiger partial charge in [0.25, 0.3) is 0 Å². The van der Waals surface area contributed by atoms with E-state index in [1.54, 1.807) is 313 Å². The maximum atomic E-state index is 5.19. The number of anilines is 7. The summed E-state index contributed by atoms with van der Waals surface area (Å²) < 4.78 is 0. The van der Waals surface area contributed by atoms with E-state index in [1.807, 2.05) is 22.4 Å². The molecule has 2 spiro atoms. The zero-order valence-electron chi connectivity index (χ0n) is 59.6. The van der Waals surface area contributed by atoms with Gasteiger partial charge in [0.15, 0.2) is 0 Å². The summed E-state index contributed by atoms with van der Waals surface area (Å²) >= 11 is 0. The minimum Gasteiger partial charge on any atom is -0.311 e. The fourth-order valence-electron chi connectivity index (χ4n) is 31.3. The molecule has 0 aromatic heterocycles. The minimum atomic E-state index is -0.476. The molecular formula is C107H40N6. The van der Waals surface area contributed by atoms with Crippen molar-refractivity contribution in [2.24, 2.45) is 10.2 Å². The quantitative estimate of drug-likeness (QED) is 0.0694. The highest BCUT2D eigenvalue weighted by atomic mass is 15.5. The summed E-state index contributed by atoms with van der Waals surface area (Å²) in [5.41, 5.74) is 16.7. The Bertz CT molecular complexity index is 10100. The summed E-state index contributed by atoms with van der Waals surface area (Å²) in [6, 6.07) is 70.1. The van der Waals surface area contributed by atoms with Crippen molar-refractivity contribution >= 4 is 343 Å². The Morgan fingerprint density at radius 3 is 0.743 bits per heavy atom. The fourth-order valence-corrected chi connectivity index (χ4v) is 31.3. The van der Waals surface area contributed by atoms with Crippen molar-refractivity contribution < 1.29 is 0 Å². The third-order valence-corrected chi connectivity index (χ3v) is 33.3. The highest BCUT2D eigenvalue weighted by molar-refractivity contribution is 6.82. The second-order valence-electron chi connectivity index (χ2n) is 36.3. The standard InChI is InChI=1S/C107H40N6/c1-110-36-106-101-94-87-75-67-58-49-47-48-50-53(49)62-69(67)77-78-70(62)68-59(50)61-57-52(48)55-54-51(47)56-60(58)73(75)81-79-65(56)63(54)71-72-64(55)66(57)80-82-74(61)76(68)88-90(78)99(98(101)89(77)87)103-96(88)93(82)97-86(80)84(72)91-83(71)85(79)95(92(81)94)102(106)100(91)104(97)107(103,106)105(110)39-26-32-42(33-27-39)111(40-28-22-37(23-29-40)34-108-112(43-14-6-2-7-15-43)44-16-8-3-9-17-44)41-30-24-38(25-31-41)35-109-113(45-18-10-4-11-19-45)46-20-12-5-13-21-46/h2-35,105H,36H2,1H3/b108-34+,109-35+. The molecule has 4 aliphatic carbocycles. The molecule has 35 aromatic carbocycles. The highest BCUT2D eigenvalue weighted by Crippen LogP contribution is 2.87. The van der Waals surface area contributed by atoms with Gasteiger partial charge in [-0.25, -0.2) is 10.0 Å². The monoisotopic (exact) mass is 1410 g/mol. The Labute approximate surface area is 632 Å². The molecule has 0 saturated carbocycles. The van der Waals surface area contributed by atoms with Gasteiger partial charge in [-0.15, -0.1) is 0 Å². The average molecular weight is 1410 g/mol. The molecule has 0 radical (unpaired) electrons. The summed E-state index contributed by atoms with van der Waals surface area (Å²) in [6.45, 7) is 0.954. The van der Waals surface area contributed by atoms with Gasteiger partial charge in [0.2, 0.25) is 0 Å². The Kier molecular flexibility index (Phi) is 6.33. The average Bonchev–Trinajstić information content (AvgIpc) is 1.38. The van der Waals surface area contributed by atoms with E-state index < -0.39 is 10.8 Å². The van der Waals surface area contributed by atoms with Gasteiger partial charge in [0.1, 0.15) is 0 Å². The first-order chi connectivity index (χ1) is 56.2. The second kappa shape index (κ2) is 14.2. The van der Waals surface area contributed by atoms with Crippen LogP contribution in [0, 0.1) is 0 Å². The van der Waals surface area contributed by atoms with Crippen molar-refractivity contribution in [3.05, 3.63) is 233 Å². The lowest BCUT2D eigenvalue weighted by molar-refractivity contribution is 0.272. The summed E-state index contributed by atoms with van der Waals surface area (Å²) in [7, 11) is 2.59. The Morgan fingerprint density at radius 1 is 0.239 bits per heavy atom. The van der Waals surface area contributed by atoms with E-state index in [0.717, 1.165) is 57.5 Å². The van der Waals surface area contributed by atoms with Crippen LogP contribution in [0.3, 0.4) is 0 Å². The summed E-state index contributed by atoms with van der Waals surface area (Å²) in [4.78, 5) is 5.43. The SMILES string of the molecule is CN1CC23c4c5c6c7c8c9c(c%10c%11c2c2c%12c4c4c%13c5c5c7c7c8c8c%14c9c%10c9c%10c%11c2c2c%11c%12c4c4c%12c%13c5c5c7c7c8c8c%14c9c9c%10c2c2c%11c4c4c%12c5c7c5c8c9c2c45)C63C1c1ccc(N(c2ccc(/C=N/N(c3ccccc3)c3ccccc3)cc2)c2ccc(/C=N/N(c3ccccc3)c3ccccc3)cc2)cc1. The minimum absolute atomic E-state index is 0.00411. The Balaban J connectivity index is 0.626. The number of benzene rings is 24. The van der Waals surface area contributed by atoms with Gasteiger partial charge in [0.05, 0.1) is 46.0 Å². The van der Waals surface area contributed by atoms with Crippen molar-refractivity contribution in [3.63, 3.8) is 0 Å². The number of likely N-dealkylation sites (tertiary alicyclic amines) is 1. The smallest absolute Gasteiger partial charge is 0.0652 e. The molecule has 113 heavy (non-hydrogen) atoms. The molecule has 3 atom stereocenters. The highest BCUT2D eigenvalue weighted by Gasteiger charge is 2.76. The topological polar surface area (TPSA) is 37.7 Å². The van der Waals surface area contributed by atoms with Crippen LogP contribution < -0.4 is 14.9 Å². The number of hydrazone groups is 2. The largest absolute Gasteiger partial charge is 0.311 e. The summed E-state index contributed by atoms with van der Waals surface area (Å²) in [5, 5.41) is 103. The second-order valence-corrected chi connectivity index (χ2v) is 36.3. The van der Waals surface area contributed by atoms with Crippen molar-refractivity contribution in [2.75, 3.05) is 28.5 Å². The number of rotatable bonds is 12. The van der Waals surface area contributed by atoms with E-state index in [2.05, 4.69) is 211 Å². The molecule has 498 valence electrons. The zero-order valence-corrected chi connectivity index (χ0v) is 59.6. The molecule has 0 N–H and O–H groups in total. The van der Waals surface area contributed by atoms with Crippen LogP contribution in [0.4, 0.5) is 39.8 Å². The van der Waals surface area contributed by atoms with Crippen LogP contribution >= 0.6 is 0 Å². The normalized spacial score (nSPS) is 19.2. The lowest BCUT2D eigenvalue weighted by Crippen LogP contribution is -2.50. The van der Waals surface area contributed by atoms with Gasteiger partial charge in [0, 0.05) is 29.6 Å². The zero-order chi connectivity index (χ0) is 70.3. The molecule has 5 aliphatic rings. The van der Waals surface area contributed by atoms with E-state index in [9.17, 15) is 0 Å². The molecule has 1 aliphatic heterocycles. The molecule has 3 unspecified atom stereocenters. The van der Waals surface area contributed by atoms with Crippen LogP contribution in [0.1, 0.15) is 45.0 Å². The first-order valence-electron chi connectivity index (χ1n) is 40.6. The van der Waals surface area contributed by atoms with Gasteiger partial charge in [-0.3, -0.25) is 4.90 Å². The molecule has 6 nitrogen and oxygen atoms in total. The van der Waals surface area contributed by atoms with Crippen LogP contribution in [0.5, 0.6) is 0 Å². The predicted octanol–water partition coefficient (Wildman–Crippen LogP) is 27.8. The van der Waals surface area contributed by atoms with E-state index >= 15 is 0 Å². The van der Waals surface area contributed by atoms with Crippen LogP contribution in [0.15, 0.2) is 204 Å². The van der Waals surface area contributed by atoms with Crippen LogP contribution in [0.25, 0.3) is 291 Å². The number of nitrogens with zero attached hydrogens (tertiary/aromatic N) is 6. The number of likely N-dealkylation sites (N-methyl/N-ethyl adjacent to an activating group) is 1. The molecule has 1 saturated heterocycles. The molecular weight excluding hydrogens is 1370 g/mol. The molecule has 0 bridgehead atoms. The van der Waals surface area contributed by atoms with Crippen molar-refractivity contribution in [1.82, 2.24) is 4.90 Å². The fraction of sp³-hybridized carbons (Fsp3) is 0.0467. The van der Waals surface area contributed by atoms with E-state index in [1.165, 1.54) is 5.56 Å². The third kappa shape index (κ3) is 3.92. The lowest BCUT2D eigenvalue weighted by atomic mass is 9.49. The van der Waals surface area contributed by atoms with Gasteiger partial charge < -0.3 is 4.90 Å². The van der Waals surface area contributed by atoms with Gasteiger partial charge in [-0.2, -0.15) is 10.2 Å². The maximum Gasteiger partial charge on any atom is 0.0652 e. The van der Waals surface area contributed by atoms with Crippen LogP contribution in [0.2, 0.25) is 0 Å². The molecule has 1 fully saturated rings. The van der Waals surface area contributed by atoms with Crippen molar-refractivity contribution in [3.8, 4) is 0 Å². The van der Waals surface area contributed by atoms with Gasteiger partial charge in [-0.1, -0.05) is 109 Å². The maximum absolute atomic E-state index is 5.19. The van der Waals surface area contributed by atoms with Crippen LogP contribution in [-0.4, -0.2) is 30.9 Å². The first-order valence-corrected chi connectivity index (χ1v) is 40.6. The molecule has 1 heterocycles. The van der Waals surface area contributed by atoms with Crippen LogP contribution in [-0.2, 0) is 10.8 Å². The summed E-state index contributed by atoms with van der Waals surface area (Å²) in [6.07, 6.45) is 3.99. The van der Waals surface area contributed by atoms with Gasteiger partial charge >= 0.3 is 0 Å². The van der Waals surface area contributed by atoms with Crippen molar-refractivity contribution in [1.29, 1.82) is 0 Å². The molecule has 6 heteroatoms. The Hall–Kier alpha value is -14.3. The lowest BCUT2D eigenvalue weighted by Gasteiger charge is -2.50. The van der Waals surface area contributed by atoms with E-state index in [4.69, 9.17) is 10.2 Å². The predicted molar refractivity (Wildman–Crippen MR) is 476 cm³/mol. The van der Waals surface area contributed by atoms with Gasteiger partial charge in [-0.05, 0) is 422 Å². The van der Waals surface area contributed by atoms with E-state index in [0.29, 0.717) is 0 Å². The molecule has 35 aromatic rings. The molecule has 0 amide bonds. The first kappa shape index (κ1) is 50.4. The molecule has 40 rings (SSSR count). The van der Waals surface area contributed by atoms with Crippen molar-refractivity contribution in [2.45, 2.75) is 16.9 Å². The number of hydrogen-bond donors (Lipinski definition) is 0. The summed E-state index contributed by atoms with van der Waals surface area (Å²) in [5.74, 6) is 0. The Morgan fingerprint density at radius 2 is 0.451 bits per heavy atom. The number of para-hydroxylation sites is 4.